The highest BCUT2D eigenvalue weighted by Gasteiger charge is 2.35. The van der Waals surface area contributed by atoms with Gasteiger partial charge in [-0.05, 0) is 30.4 Å². The largest absolute Gasteiger partial charge is 0.502 e. The van der Waals surface area contributed by atoms with E-state index in [-0.39, 0.29) is 10.3 Å². The monoisotopic (exact) mass is 314 g/mol. The van der Waals surface area contributed by atoms with Crippen molar-refractivity contribution in [2.24, 2.45) is 5.41 Å². The van der Waals surface area contributed by atoms with Gasteiger partial charge in [-0.1, -0.05) is 13.8 Å². The lowest BCUT2D eigenvalue weighted by Crippen LogP contribution is -2.43. The SMILES string of the molecule is CC1(C)CCCN(S(=O)(=O)c2ccc(O)c([N+](=O)[O-])c2)C1. The Morgan fingerprint density at radius 1 is 1.38 bits per heavy atom. The molecule has 8 heteroatoms. The Bertz CT molecular complexity index is 669. The number of nitrogens with zero attached hydrogens (tertiary/aromatic N) is 2. The van der Waals surface area contributed by atoms with Crippen molar-refractivity contribution in [3.63, 3.8) is 0 Å². The predicted molar refractivity (Wildman–Crippen MR) is 76.5 cm³/mol. The van der Waals surface area contributed by atoms with Gasteiger partial charge in [0.1, 0.15) is 0 Å². The average molecular weight is 314 g/mol. The summed E-state index contributed by atoms with van der Waals surface area (Å²) in [5, 5.41) is 20.2. The lowest BCUT2D eigenvalue weighted by Gasteiger charge is -2.37. The number of phenolic OH excluding ortho intramolecular Hbond substituents is 1. The van der Waals surface area contributed by atoms with Gasteiger partial charge in [0.15, 0.2) is 5.75 Å². The van der Waals surface area contributed by atoms with Gasteiger partial charge in [-0.2, -0.15) is 4.31 Å². The Kier molecular flexibility index (Phi) is 3.94. The van der Waals surface area contributed by atoms with Gasteiger partial charge in [0.2, 0.25) is 10.0 Å². The Morgan fingerprint density at radius 3 is 2.62 bits per heavy atom. The maximum atomic E-state index is 12.6. The summed E-state index contributed by atoms with van der Waals surface area (Å²) in [7, 11) is -3.79. The molecule has 0 atom stereocenters. The molecule has 1 aliphatic heterocycles. The molecule has 2 rings (SSSR count). The number of aromatic hydroxyl groups is 1. The predicted octanol–water partition coefficient (Wildman–Crippen LogP) is 2.11. The van der Waals surface area contributed by atoms with Gasteiger partial charge in [0, 0.05) is 19.2 Å². The van der Waals surface area contributed by atoms with Crippen LogP contribution in [0.5, 0.6) is 5.75 Å². The molecule has 1 N–H and O–H groups in total. The number of sulfonamides is 1. The van der Waals surface area contributed by atoms with E-state index in [1.807, 2.05) is 13.8 Å². The van der Waals surface area contributed by atoms with Crippen LogP contribution in [0.1, 0.15) is 26.7 Å². The van der Waals surface area contributed by atoms with E-state index in [1.165, 1.54) is 10.4 Å². The van der Waals surface area contributed by atoms with E-state index in [4.69, 9.17) is 0 Å². The number of hydrogen-bond acceptors (Lipinski definition) is 5. The third-order valence-electron chi connectivity index (χ3n) is 3.65. The molecule has 0 bridgehead atoms. The highest BCUT2D eigenvalue weighted by Crippen LogP contribution is 2.34. The van der Waals surface area contributed by atoms with Crippen LogP contribution in [0.4, 0.5) is 5.69 Å². The van der Waals surface area contributed by atoms with Crippen LogP contribution in [0, 0.1) is 15.5 Å². The summed E-state index contributed by atoms with van der Waals surface area (Å²) in [6.45, 7) is 4.77. The number of piperidine rings is 1. The maximum absolute atomic E-state index is 12.6. The molecule has 1 aromatic rings. The average Bonchev–Trinajstić information content (AvgIpc) is 2.37. The molecular weight excluding hydrogens is 296 g/mol. The van der Waals surface area contributed by atoms with Crippen LogP contribution in [0.15, 0.2) is 23.1 Å². The second-order valence-corrected chi connectivity index (χ2v) is 7.95. The van der Waals surface area contributed by atoms with Gasteiger partial charge >= 0.3 is 5.69 Å². The highest BCUT2D eigenvalue weighted by molar-refractivity contribution is 7.89. The van der Waals surface area contributed by atoms with Gasteiger partial charge in [0.25, 0.3) is 0 Å². The van der Waals surface area contributed by atoms with E-state index in [0.717, 1.165) is 25.0 Å². The van der Waals surface area contributed by atoms with Gasteiger partial charge in [-0.25, -0.2) is 8.42 Å². The molecule has 21 heavy (non-hydrogen) atoms. The molecular formula is C13H18N2O5S. The first-order valence-corrected chi connectivity index (χ1v) is 8.05. The maximum Gasteiger partial charge on any atom is 0.312 e. The molecule has 7 nitrogen and oxygen atoms in total. The minimum atomic E-state index is -3.79. The van der Waals surface area contributed by atoms with Crippen molar-refractivity contribution in [2.75, 3.05) is 13.1 Å². The normalized spacial score (nSPS) is 19.3. The summed E-state index contributed by atoms with van der Waals surface area (Å²) in [5.41, 5.74) is -0.721. The lowest BCUT2D eigenvalue weighted by atomic mass is 9.85. The first-order chi connectivity index (χ1) is 9.63. The van der Waals surface area contributed by atoms with Crippen molar-refractivity contribution in [2.45, 2.75) is 31.6 Å². The molecule has 1 fully saturated rings. The first kappa shape index (κ1) is 15.7. The topological polar surface area (TPSA) is 101 Å². The number of nitro benzene ring substituents is 1. The van der Waals surface area contributed by atoms with E-state index in [9.17, 15) is 23.6 Å². The van der Waals surface area contributed by atoms with Crippen molar-refractivity contribution < 1.29 is 18.4 Å². The minimum absolute atomic E-state index is 0.117. The zero-order chi connectivity index (χ0) is 15.8. The molecule has 1 aliphatic rings. The van der Waals surface area contributed by atoms with Gasteiger partial charge in [0.05, 0.1) is 9.82 Å². The molecule has 1 heterocycles. The van der Waals surface area contributed by atoms with Crippen LogP contribution < -0.4 is 0 Å². The molecule has 0 radical (unpaired) electrons. The quantitative estimate of drug-likeness (QED) is 0.680. The van der Waals surface area contributed by atoms with Crippen LogP contribution >= 0.6 is 0 Å². The summed E-state index contributed by atoms with van der Waals surface area (Å²) >= 11 is 0. The molecule has 0 saturated carbocycles. The summed E-state index contributed by atoms with van der Waals surface area (Å²) in [6, 6.07) is 3.14. The molecule has 0 amide bonds. The zero-order valence-corrected chi connectivity index (χ0v) is 12.8. The molecule has 0 spiro atoms. The summed E-state index contributed by atoms with van der Waals surface area (Å²) in [5.74, 6) is -0.544. The van der Waals surface area contributed by atoms with Crippen molar-refractivity contribution >= 4 is 15.7 Å². The van der Waals surface area contributed by atoms with E-state index in [0.29, 0.717) is 13.1 Å². The molecule has 1 aromatic carbocycles. The number of benzene rings is 1. The fraction of sp³-hybridized carbons (Fsp3) is 0.538. The number of rotatable bonds is 3. The fourth-order valence-electron chi connectivity index (χ4n) is 2.53. The number of phenols is 1. The van der Waals surface area contributed by atoms with Crippen molar-refractivity contribution in [3.8, 4) is 5.75 Å². The molecule has 0 aliphatic carbocycles. The minimum Gasteiger partial charge on any atom is -0.502 e. The van der Waals surface area contributed by atoms with Crippen LogP contribution in [-0.2, 0) is 10.0 Å². The smallest absolute Gasteiger partial charge is 0.312 e. The second-order valence-electron chi connectivity index (χ2n) is 6.01. The van der Waals surface area contributed by atoms with Crippen LogP contribution in [0.2, 0.25) is 0 Å². The second kappa shape index (κ2) is 5.27. The Hall–Kier alpha value is -1.67. The summed E-state index contributed by atoms with van der Waals surface area (Å²) < 4.78 is 26.5. The van der Waals surface area contributed by atoms with Gasteiger partial charge in [-0.15, -0.1) is 0 Å². The van der Waals surface area contributed by atoms with Crippen LogP contribution in [-0.4, -0.2) is 35.8 Å². The summed E-state index contributed by atoms with van der Waals surface area (Å²) in [4.78, 5) is 9.86. The highest BCUT2D eigenvalue weighted by atomic mass is 32.2. The van der Waals surface area contributed by atoms with Gasteiger partial charge < -0.3 is 5.11 Å². The molecule has 0 unspecified atom stereocenters. The lowest BCUT2D eigenvalue weighted by molar-refractivity contribution is -0.386. The van der Waals surface area contributed by atoms with Crippen LogP contribution in [0.3, 0.4) is 0 Å². The molecule has 1 saturated heterocycles. The van der Waals surface area contributed by atoms with E-state index < -0.39 is 26.4 Å². The third-order valence-corrected chi connectivity index (χ3v) is 5.49. The molecule has 116 valence electrons. The third kappa shape index (κ3) is 3.16. The zero-order valence-electron chi connectivity index (χ0n) is 11.9. The number of nitro groups is 1. The molecule has 0 aromatic heterocycles. The van der Waals surface area contributed by atoms with E-state index in [1.54, 1.807) is 0 Å². The Balaban J connectivity index is 2.40. The van der Waals surface area contributed by atoms with Crippen molar-refractivity contribution in [3.05, 3.63) is 28.3 Å². The summed E-state index contributed by atoms with van der Waals surface area (Å²) in [6.07, 6.45) is 1.70. The Morgan fingerprint density at radius 2 is 2.05 bits per heavy atom. The van der Waals surface area contributed by atoms with Crippen LogP contribution in [0.25, 0.3) is 0 Å². The fourth-order valence-corrected chi connectivity index (χ4v) is 4.22. The standard InChI is InChI=1S/C13H18N2O5S/c1-13(2)6-3-7-14(9-13)21(19,20)10-4-5-12(16)11(8-10)15(17)18/h4-5,8,16H,3,6-7,9H2,1-2H3. The van der Waals surface area contributed by atoms with Crippen molar-refractivity contribution in [1.82, 2.24) is 4.31 Å². The Labute approximate surface area is 123 Å². The van der Waals surface area contributed by atoms with Gasteiger partial charge in [-0.3, -0.25) is 10.1 Å². The first-order valence-electron chi connectivity index (χ1n) is 6.61. The van der Waals surface area contributed by atoms with E-state index >= 15 is 0 Å². The van der Waals surface area contributed by atoms with E-state index in [2.05, 4.69) is 0 Å². The van der Waals surface area contributed by atoms with Crippen molar-refractivity contribution in [1.29, 1.82) is 0 Å². The number of hydrogen-bond donors (Lipinski definition) is 1.